The fraction of sp³-hybridized carbons (Fsp3) is 0.161. The molecule has 3 aromatic carbocycles. The number of furan rings is 2. The summed E-state index contributed by atoms with van der Waals surface area (Å²) in [5, 5.41) is 13.5. The van der Waals surface area contributed by atoms with Gasteiger partial charge in [0, 0.05) is 16.1 Å². The maximum absolute atomic E-state index is 12.9. The summed E-state index contributed by atoms with van der Waals surface area (Å²) in [7, 11) is 0. The Morgan fingerprint density at radius 2 is 1.59 bits per heavy atom. The van der Waals surface area contributed by atoms with Crippen LogP contribution >= 0.6 is 11.6 Å². The molecule has 1 unspecified atom stereocenters. The van der Waals surface area contributed by atoms with Crippen molar-refractivity contribution in [1.82, 2.24) is 0 Å². The van der Waals surface area contributed by atoms with Gasteiger partial charge in [-0.15, -0.1) is 0 Å². The van der Waals surface area contributed by atoms with Gasteiger partial charge >= 0.3 is 12.1 Å². The van der Waals surface area contributed by atoms with E-state index < -0.39 is 23.6 Å². The number of hydrogen-bond donors (Lipinski definition) is 2. The van der Waals surface area contributed by atoms with Gasteiger partial charge in [-0.2, -0.15) is 0 Å². The highest BCUT2D eigenvalue weighted by Gasteiger charge is 2.51. The summed E-state index contributed by atoms with van der Waals surface area (Å²) in [6, 6.07) is 24.3. The van der Waals surface area contributed by atoms with Crippen molar-refractivity contribution in [3.63, 3.8) is 0 Å². The first kappa shape index (κ1) is 24.8. The quantitative estimate of drug-likeness (QED) is 0.214. The highest BCUT2D eigenvalue weighted by Crippen LogP contribution is 2.48. The molecule has 1 atom stereocenters. The second-order valence-electron chi connectivity index (χ2n) is 9.66. The van der Waals surface area contributed by atoms with Crippen molar-refractivity contribution in [3.8, 4) is 22.5 Å². The molecule has 2 N–H and O–H groups in total. The summed E-state index contributed by atoms with van der Waals surface area (Å²) in [6.45, 7) is 1.75. The number of benzene rings is 3. The third-order valence-corrected chi connectivity index (χ3v) is 7.60. The summed E-state index contributed by atoms with van der Waals surface area (Å²) in [6.07, 6.45) is 1.61. The highest BCUT2D eigenvalue weighted by molar-refractivity contribution is 6.31. The Balaban J connectivity index is 1.23. The van der Waals surface area contributed by atoms with Gasteiger partial charge in [0.05, 0.1) is 17.1 Å². The minimum absolute atomic E-state index is 0.284. The van der Waals surface area contributed by atoms with E-state index in [2.05, 4.69) is 5.32 Å². The first-order valence-corrected chi connectivity index (χ1v) is 12.9. The number of carbonyl (C=O) groups excluding carboxylic acids is 1. The van der Waals surface area contributed by atoms with Crippen LogP contribution in [0.1, 0.15) is 37.0 Å². The second-order valence-corrected chi connectivity index (χ2v) is 10.1. The molecular weight excluding hydrogens is 518 g/mol. The summed E-state index contributed by atoms with van der Waals surface area (Å²) in [5.41, 5.74) is 3.91. The van der Waals surface area contributed by atoms with Crippen LogP contribution in [0.4, 0.5) is 10.5 Å². The minimum atomic E-state index is -0.768. The lowest BCUT2D eigenvalue weighted by Gasteiger charge is -2.15. The molecule has 8 heteroatoms. The molecule has 1 aliphatic carbocycles. The van der Waals surface area contributed by atoms with Crippen molar-refractivity contribution >= 4 is 40.5 Å². The normalized spacial score (nSPS) is 14.6. The van der Waals surface area contributed by atoms with E-state index in [4.69, 9.17) is 25.2 Å². The van der Waals surface area contributed by atoms with E-state index in [1.54, 1.807) is 19.1 Å². The predicted octanol–water partition coefficient (Wildman–Crippen LogP) is 8.44. The zero-order valence-corrected chi connectivity index (χ0v) is 21.7. The van der Waals surface area contributed by atoms with Crippen LogP contribution in [0.5, 0.6) is 0 Å². The van der Waals surface area contributed by atoms with Gasteiger partial charge in [0.15, 0.2) is 5.76 Å². The van der Waals surface area contributed by atoms with Crippen LogP contribution in [0.3, 0.4) is 0 Å². The molecule has 5 aromatic rings. The molecule has 0 radical (unpaired) electrons. The molecule has 7 nitrogen and oxygen atoms in total. The summed E-state index contributed by atoms with van der Waals surface area (Å²) in [5.74, 6) is -0.0485. The van der Waals surface area contributed by atoms with E-state index in [-0.39, 0.29) is 5.78 Å². The largest absolute Gasteiger partial charge is 0.481 e. The number of aliphatic carboxylic acids is 1. The maximum atomic E-state index is 12.9. The Bertz CT molecular complexity index is 1680. The molecule has 0 spiro atoms. The van der Waals surface area contributed by atoms with Crippen molar-refractivity contribution in [2.24, 2.45) is 0 Å². The van der Waals surface area contributed by atoms with Crippen molar-refractivity contribution in [3.05, 3.63) is 101 Å². The molecule has 196 valence electrons. The monoisotopic (exact) mass is 541 g/mol. The first-order chi connectivity index (χ1) is 18.9. The summed E-state index contributed by atoms with van der Waals surface area (Å²) in [4.78, 5) is 24.5. The first-order valence-electron chi connectivity index (χ1n) is 12.5. The van der Waals surface area contributed by atoms with E-state index >= 15 is 0 Å². The molecular formula is C31H24ClNO6. The maximum Gasteiger partial charge on any atom is 0.412 e. The highest BCUT2D eigenvalue weighted by atomic mass is 35.5. The lowest BCUT2D eigenvalue weighted by Crippen LogP contribution is -2.19. The Labute approximate surface area is 229 Å². The van der Waals surface area contributed by atoms with Gasteiger partial charge in [0.25, 0.3) is 5.78 Å². The predicted molar refractivity (Wildman–Crippen MR) is 148 cm³/mol. The molecule has 0 bridgehead atoms. The van der Waals surface area contributed by atoms with Gasteiger partial charge < -0.3 is 18.7 Å². The molecule has 2 heterocycles. The Morgan fingerprint density at radius 3 is 2.23 bits per heavy atom. The number of hydrogen-bond acceptors (Lipinski definition) is 5. The zero-order chi connectivity index (χ0) is 27.1. The van der Waals surface area contributed by atoms with Crippen LogP contribution in [-0.4, -0.2) is 17.2 Å². The third-order valence-electron chi connectivity index (χ3n) is 7.25. The number of carbonyl (C=O) groups is 2. The third kappa shape index (κ3) is 4.55. The Morgan fingerprint density at radius 1 is 0.949 bits per heavy atom. The van der Waals surface area contributed by atoms with Crippen LogP contribution in [0.2, 0.25) is 5.02 Å². The standard InChI is InChI=1S/C31H24ClNO6/c1-18(23-4-2-3-5-25(23)32)38-30(36)33-26-24-14-17-37-28(24)39-27(26)21-8-6-19(7-9-21)20-10-12-22(13-11-20)31(15-16-31)29(34)35/h2-14,17-18H,15-16H2,1H3,(H,33,36)(H,34,35). The molecule has 1 amide bonds. The SMILES string of the molecule is CC(OC(=O)Nc1c(-c2ccc(-c3ccc(C4(C(=O)O)CC4)cc3)cc2)oc2occc12)c1ccccc1Cl. The van der Waals surface area contributed by atoms with E-state index in [9.17, 15) is 14.7 Å². The lowest BCUT2D eigenvalue weighted by molar-refractivity contribution is -0.140. The van der Waals surface area contributed by atoms with Crippen molar-refractivity contribution < 1.29 is 28.3 Å². The van der Waals surface area contributed by atoms with Crippen LogP contribution < -0.4 is 5.32 Å². The van der Waals surface area contributed by atoms with Crippen molar-refractivity contribution in [2.45, 2.75) is 31.3 Å². The van der Waals surface area contributed by atoms with Crippen LogP contribution in [-0.2, 0) is 14.9 Å². The Hall–Kier alpha value is -4.49. The number of carboxylic acids is 1. The molecule has 1 saturated carbocycles. The summed E-state index contributed by atoms with van der Waals surface area (Å²) < 4.78 is 17.0. The van der Waals surface area contributed by atoms with Gasteiger partial charge in [-0.25, -0.2) is 4.79 Å². The van der Waals surface area contributed by atoms with E-state index in [0.717, 1.165) is 22.3 Å². The molecule has 39 heavy (non-hydrogen) atoms. The molecule has 0 aliphatic heterocycles. The van der Waals surface area contributed by atoms with Gasteiger partial charge in [0.1, 0.15) is 11.8 Å². The number of fused-ring (bicyclic) bond motifs is 1. The molecule has 2 aromatic heterocycles. The smallest absolute Gasteiger partial charge is 0.412 e. The topological polar surface area (TPSA) is 102 Å². The molecule has 6 rings (SSSR count). The van der Waals surface area contributed by atoms with Gasteiger partial charge in [0.2, 0.25) is 0 Å². The molecule has 1 fully saturated rings. The number of ether oxygens (including phenoxy) is 1. The minimum Gasteiger partial charge on any atom is -0.481 e. The van der Waals surface area contributed by atoms with Gasteiger partial charge in [-0.1, -0.05) is 78.3 Å². The van der Waals surface area contributed by atoms with E-state index in [1.165, 1.54) is 6.26 Å². The van der Waals surface area contributed by atoms with Gasteiger partial charge in [-0.3, -0.25) is 10.1 Å². The van der Waals surface area contributed by atoms with Crippen LogP contribution in [0, 0.1) is 0 Å². The van der Waals surface area contributed by atoms with Crippen molar-refractivity contribution in [1.29, 1.82) is 0 Å². The zero-order valence-electron chi connectivity index (χ0n) is 20.9. The number of anilines is 1. The molecule has 0 saturated heterocycles. The van der Waals surface area contributed by atoms with Gasteiger partial charge in [-0.05, 0) is 48.6 Å². The van der Waals surface area contributed by atoms with Crippen molar-refractivity contribution in [2.75, 3.05) is 5.32 Å². The average Bonchev–Trinajstić information content (AvgIpc) is 3.52. The number of nitrogens with one attached hydrogen (secondary N) is 1. The fourth-order valence-electron chi connectivity index (χ4n) is 4.86. The molecule has 1 aliphatic rings. The fourth-order valence-corrected chi connectivity index (χ4v) is 5.15. The van der Waals surface area contributed by atoms with E-state index in [0.29, 0.717) is 40.3 Å². The Kier molecular flexibility index (Phi) is 6.16. The average molecular weight is 542 g/mol. The van der Waals surface area contributed by atoms with Crippen LogP contribution in [0.15, 0.2) is 94.0 Å². The van der Waals surface area contributed by atoms with Crippen LogP contribution in [0.25, 0.3) is 33.6 Å². The number of rotatable bonds is 7. The number of amides is 1. The second kappa shape index (κ2) is 9.67. The summed E-state index contributed by atoms with van der Waals surface area (Å²) >= 11 is 6.25. The van der Waals surface area contributed by atoms with E-state index in [1.807, 2.05) is 66.7 Å². The number of halogens is 1. The number of carboxylic acid groups (broad SMARTS) is 1. The lowest BCUT2D eigenvalue weighted by atomic mass is 9.93.